The third-order valence-corrected chi connectivity index (χ3v) is 4.84. The highest BCUT2D eigenvalue weighted by atomic mass is 16.5. The molecule has 162 valence electrons. The number of carbonyl (C=O) groups is 2. The van der Waals surface area contributed by atoms with Crippen LogP contribution in [0.5, 0.6) is 0 Å². The Kier molecular flexibility index (Phi) is 7.43. The lowest BCUT2D eigenvalue weighted by atomic mass is 10.1. The van der Waals surface area contributed by atoms with Crippen molar-refractivity contribution in [2.24, 2.45) is 0 Å². The smallest absolute Gasteiger partial charge is 0.408 e. The Morgan fingerprint density at radius 3 is 2.58 bits per heavy atom. The number of hydrogen-bond donors (Lipinski definition) is 1. The van der Waals surface area contributed by atoms with E-state index >= 15 is 0 Å². The number of alkyl carbamates (subject to hydrolysis) is 1. The number of amides is 2. The maximum absolute atomic E-state index is 13.1. The molecule has 7 nitrogen and oxygen atoms in total. The average Bonchev–Trinajstić information content (AvgIpc) is 2.78. The second-order valence-electron chi connectivity index (χ2n) is 7.25. The molecule has 3 aromatic rings. The number of unbranched alkanes of at least 4 members (excludes halogenated alkanes) is 1. The van der Waals surface area contributed by atoms with E-state index in [4.69, 9.17) is 9.15 Å². The minimum Gasteiger partial charge on any atom is -0.445 e. The molecule has 3 rings (SSSR count). The van der Waals surface area contributed by atoms with Crippen LogP contribution in [0.4, 0.5) is 10.5 Å². The third kappa shape index (κ3) is 5.94. The topological polar surface area (TPSA) is 88.9 Å². The lowest BCUT2D eigenvalue weighted by Gasteiger charge is -2.26. The number of ether oxygens (including phenoxy) is 1. The van der Waals surface area contributed by atoms with Gasteiger partial charge in [-0.2, -0.15) is 0 Å². The van der Waals surface area contributed by atoms with Gasteiger partial charge < -0.3 is 19.4 Å². The van der Waals surface area contributed by atoms with E-state index < -0.39 is 17.8 Å². The number of anilines is 1. The van der Waals surface area contributed by atoms with E-state index in [0.29, 0.717) is 17.8 Å². The van der Waals surface area contributed by atoms with Crippen molar-refractivity contribution in [1.29, 1.82) is 0 Å². The second kappa shape index (κ2) is 10.4. The first-order valence-electron chi connectivity index (χ1n) is 10.3. The summed E-state index contributed by atoms with van der Waals surface area (Å²) in [6, 6.07) is 16.8. The second-order valence-corrected chi connectivity index (χ2v) is 7.25. The summed E-state index contributed by atoms with van der Waals surface area (Å²) in [7, 11) is 0. The van der Waals surface area contributed by atoms with E-state index in [1.807, 2.05) is 37.3 Å². The zero-order valence-electron chi connectivity index (χ0n) is 17.7. The average molecular weight is 422 g/mol. The number of hydrogen-bond acceptors (Lipinski definition) is 5. The van der Waals surface area contributed by atoms with Crippen molar-refractivity contribution in [3.05, 3.63) is 76.6 Å². The van der Waals surface area contributed by atoms with Gasteiger partial charge in [0.15, 0.2) is 0 Å². The summed E-state index contributed by atoms with van der Waals surface area (Å²) in [5.74, 6) is -0.275. The van der Waals surface area contributed by atoms with Crippen LogP contribution in [-0.2, 0) is 16.1 Å². The zero-order chi connectivity index (χ0) is 22.2. The van der Waals surface area contributed by atoms with E-state index in [2.05, 4.69) is 5.32 Å². The van der Waals surface area contributed by atoms with Crippen molar-refractivity contribution in [2.75, 3.05) is 11.4 Å². The van der Waals surface area contributed by atoms with Crippen LogP contribution in [0, 0.1) is 0 Å². The molecule has 0 saturated heterocycles. The van der Waals surface area contributed by atoms with Crippen molar-refractivity contribution in [1.82, 2.24) is 5.32 Å². The molecule has 0 spiro atoms. The van der Waals surface area contributed by atoms with Gasteiger partial charge in [0.25, 0.3) is 0 Å². The standard InChI is InChI=1S/C24H26N2O5/c1-3-4-14-26(20-12-10-19-11-13-22(27)31-21(19)15-20)23(28)17(2)25-24(29)30-16-18-8-6-5-7-9-18/h5-13,15,17H,3-4,14,16H2,1-2H3,(H,25,29)/t17-/m0/s1. The van der Waals surface area contributed by atoms with E-state index in [1.54, 1.807) is 36.1 Å². The number of benzene rings is 2. The first-order chi connectivity index (χ1) is 15.0. The number of nitrogens with one attached hydrogen (secondary N) is 1. The summed E-state index contributed by atoms with van der Waals surface area (Å²) in [4.78, 5) is 38.4. The van der Waals surface area contributed by atoms with Crippen molar-refractivity contribution >= 4 is 28.7 Å². The van der Waals surface area contributed by atoms with Gasteiger partial charge in [0, 0.05) is 29.8 Å². The summed E-state index contributed by atoms with van der Waals surface area (Å²) >= 11 is 0. The SMILES string of the molecule is CCCCN(C(=O)[C@H](C)NC(=O)OCc1ccccc1)c1ccc2ccc(=O)oc2c1. The molecular weight excluding hydrogens is 396 g/mol. The predicted octanol–water partition coefficient (Wildman–Crippen LogP) is 4.24. The summed E-state index contributed by atoms with van der Waals surface area (Å²) in [5.41, 5.74) is 1.42. The van der Waals surface area contributed by atoms with Crippen LogP contribution in [0.15, 0.2) is 69.9 Å². The molecule has 2 amide bonds. The minimum atomic E-state index is -0.793. The van der Waals surface area contributed by atoms with Gasteiger partial charge in [-0.15, -0.1) is 0 Å². The number of carbonyl (C=O) groups excluding carboxylic acids is 2. The molecule has 0 radical (unpaired) electrons. The molecule has 0 bridgehead atoms. The van der Waals surface area contributed by atoms with Crippen LogP contribution in [-0.4, -0.2) is 24.6 Å². The van der Waals surface area contributed by atoms with Crippen molar-refractivity contribution in [2.45, 2.75) is 39.3 Å². The van der Waals surface area contributed by atoms with Crippen molar-refractivity contribution in [3.63, 3.8) is 0 Å². The monoisotopic (exact) mass is 422 g/mol. The van der Waals surface area contributed by atoms with Crippen molar-refractivity contribution < 1.29 is 18.7 Å². The summed E-state index contributed by atoms with van der Waals surface area (Å²) in [6.07, 6.45) is 1.02. The fourth-order valence-electron chi connectivity index (χ4n) is 3.14. The number of nitrogens with zero attached hydrogens (tertiary/aromatic N) is 1. The van der Waals surface area contributed by atoms with E-state index in [0.717, 1.165) is 23.8 Å². The lowest BCUT2D eigenvalue weighted by molar-refractivity contribution is -0.120. The molecule has 31 heavy (non-hydrogen) atoms. The molecule has 0 aliphatic rings. The molecule has 0 aliphatic heterocycles. The van der Waals surface area contributed by atoms with E-state index in [-0.39, 0.29) is 12.5 Å². The summed E-state index contributed by atoms with van der Waals surface area (Å²) < 4.78 is 10.5. The predicted molar refractivity (Wildman–Crippen MR) is 119 cm³/mol. The molecule has 0 unspecified atom stereocenters. The highest BCUT2D eigenvalue weighted by Crippen LogP contribution is 2.22. The Balaban J connectivity index is 1.71. The highest BCUT2D eigenvalue weighted by Gasteiger charge is 2.24. The summed E-state index contributed by atoms with van der Waals surface area (Å²) in [5, 5.41) is 3.36. The van der Waals surface area contributed by atoms with E-state index in [9.17, 15) is 14.4 Å². The fraction of sp³-hybridized carbons (Fsp3) is 0.292. The van der Waals surface area contributed by atoms with Gasteiger partial charge in [0.1, 0.15) is 18.2 Å². The fourth-order valence-corrected chi connectivity index (χ4v) is 3.14. The minimum absolute atomic E-state index is 0.122. The molecule has 1 aromatic heterocycles. The Morgan fingerprint density at radius 2 is 1.84 bits per heavy atom. The molecular formula is C24H26N2O5. The third-order valence-electron chi connectivity index (χ3n) is 4.84. The largest absolute Gasteiger partial charge is 0.445 e. The molecule has 0 aliphatic carbocycles. The first kappa shape index (κ1) is 22.1. The van der Waals surface area contributed by atoms with Gasteiger partial charge in [-0.05, 0) is 37.1 Å². The molecule has 2 aromatic carbocycles. The number of rotatable bonds is 8. The van der Waals surface area contributed by atoms with Crippen LogP contribution in [0.3, 0.4) is 0 Å². The maximum Gasteiger partial charge on any atom is 0.408 e. The Hall–Kier alpha value is -3.61. The summed E-state index contributed by atoms with van der Waals surface area (Å²) in [6.45, 7) is 4.25. The normalized spacial score (nSPS) is 11.7. The Morgan fingerprint density at radius 1 is 1.10 bits per heavy atom. The van der Waals surface area contributed by atoms with Crippen LogP contribution < -0.4 is 15.8 Å². The van der Waals surface area contributed by atoms with Crippen LogP contribution >= 0.6 is 0 Å². The van der Waals surface area contributed by atoms with Gasteiger partial charge in [-0.1, -0.05) is 43.7 Å². The van der Waals surface area contributed by atoms with E-state index in [1.165, 1.54) is 6.07 Å². The van der Waals surface area contributed by atoms with Gasteiger partial charge in [0.2, 0.25) is 5.91 Å². The van der Waals surface area contributed by atoms with Gasteiger partial charge in [-0.3, -0.25) is 4.79 Å². The Labute approximate surface area is 180 Å². The van der Waals surface area contributed by atoms with Crippen LogP contribution in [0.2, 0.25) is 0 Å². The zero-order valence-corrected chi connectivity index (χ0v) is 17.7. The van der Waals surface area contributed by atoms with Crippen LogP contribution in [0.1, 0.15) is 32.3 Å². The molecule has 1 atom stereocenters. The quantitative estimate of drug-likeness (QED) is 0.549. The molecule has 0 fully saturated rings. The van der Waals surface area contributed by atoms with Crippen molar-refractivity contribution in [3.8, 4) is 0 Å². The Bertz CT molecular complexity index is 1090. The molecule has 1 N–H and O–H groups in total. The van der Waals surface area contributed by atoms with Gasteiger partial charge in [0.05, 0.1) is 0 Å². The molecule has 7 heteroatoms. The molecule has 0 saturated carbocycles. The highest BCUT2D eigenvalue weighted by molar-refractivity contribution is 5.99. The van der Waals surface area contributed by atoms with Gasteiger partial charge >= 0.3 is 11.7 Å². The first-order valence-corrected chi connectivity index (χ1v) is 10.3. The van der Waals surface area contributed by atoms with Gasteiger partial charge in [-0.25, -0.2) is 9.59 Å². The lowest BCUT2D eigenvalue weighted by Crippen LogP contribution is -2.47. The molecule has 1 heterocycles. The number of fused-ring (bicyclic) bond motifs is 1. The maximum atomic E-state index is 13.1. The van der Waals surface area contributed by atoms with Crippen LogP contribution in [0.25, 0.3) is 11.0 Å².